The number of thioether (sulfide) groups is 1. The van der Waals surface area contributed by atoms with Gasteiger partial charge in [0.05, 0.1) is 4.90 Å². The van der Waals surface area contributed by atoms with Crippen LogP contribution in [0.25, 0.3) is 0 Å². The molecule has 3 nitrogen and oxygen atoms in total. The molecule has 0 spiro atoms. The maximum absolute atomic E-state index is 10.5. The van der Waals surface area contributed by atoms with E-state index in [0.29, 0.717) is 16.2 Å². The largest absolute Gasteiger partial charge is 0.298 e. The predicted molar refractivity (Wildman–Crippen MR) is 46.1 cm³/mol. The molecule has 0 saturated heterocycles. The Bertz CT molecular complexity index is 343. The van der Waals surface area contributed by atoms with Gasteiger partial charge in [0.25, 0.3) is 0 Å². The highest BCUT2D eigenvalue weighted by Gasteiger charge is 2.06. The van der Waals surface area contributed by atoms with Crippen LogP contribution in [0, 0.1) is 11.3 Å². The molecule has 0 aliphatic rings. The highest BCUT2D eigenvalue weighted by atomic mass is 32.2. The molecule has 0 unspecified atom stereocenters. The van der Waals surface area contributed by atoms with Crippen molar-refractivity contribution in [3.8, 4) is 6.07 Å². The summed E-state index contributed by atoms with van der Waals surface area (Å²) in [7, 11) is 0. The quantitative estimate of drug-likeness (QED) is 0.508. The normalized spacial score (nSPS) is 9.00. The predicted octanol–water partition coefficient (Wildman–Crippen LogP) is 1.49. The van der Waals surface area contributed by atoms with Crippen LogP contribution in [0.2, 0.25) is 0 Å². The zero-order valence-corrected chi connectivity index (χ0v) is 7.26. The van der Waals surface area contributed by atoms with Crippen LogP contribution in [0.3, 0.4) is 0 Å². The summed E-state index contributed by atoms with van der Waals surface area (Å²) in [5.41, 5.74) is 0.834. The molecule has 0 fully saturated rings. The average molecular weight is 178 g/mol. The smallest absolute Gasteiger partial charge is 0.154 e. The van der Waals surface area contributed by atoms with Crippen LogP contribution in [0.15, 0.2) is 17.2 Å². The van der Waals surface area contributed by atoms with Crippen molar-refractivity contribution >= 4 is 18.0 Å². The average Bonchev–Trinajstić information content (AvgIpc) is 2.16. The molecule has 0 atom stereocenters. The number of aromatic nitrogens is 1. The second-order valence-corrected chi connectivity index (χ2v) is 2.83. The van der Waals surface area contributed by atoms with E-state index in [1.807, 2.05) is 12.3 Å². The number of hydrogen-bond donors (Lipinski definition) is 0. The number of rotatable bonds is 2. The Balaban J connectivity index is 3.34. The number of hydrogen-bond acceptors (Lipinski definition) is 4. The Labute approximate surface area is 74.4 Å². The van der Waals surface area contributed by atoms with Gasteiger partial charge in [-0.3, -0.25) is 4.79 Å². The van der Waals surface area contributed by atoms with E-state index >= 15 is 0 Å². The van der Waals surface area contributed by atoms with Crippen molar-refractivity contribution in [3.63, 3.8) is 0 Å². The summed E-state index contributed by atoms with van der Waals surface area (Å²) in [5.74, 6) is 0. The number of pyridine rings is 1. The molecule has 0 N–H and O–H groups in total. The van der Waals surface area contributed by atoms with Gasteiger partial charge in [0.2, 0.25) is 0 Å². The Morgan fingerprint density at radius 3 is 3.00 bits per heavy atom. The van der Waals surface area contributed by atoms with Gasteiger partial charge in [-0.2, -0.15) is 5.26 Å². The fourth-order valence-corrected chi connectivity index (χ4v) is 1.49. The van der Waals surface area contributed by atoms with Gasteiger partial charge in [0, 0.05) is 11.8 Å². The molecule has 4 heteroatoms. The van der Waals surface area contributed by atoms with Gasteiger partial charge < -0.3 is 0 Å². The molecule has 0 aliphatic heterocycles. The maximum atomic E-state index is 10.5. The molecule has 12 heavy (non-hydrogen) atoms. The van der Waals surface area contributed by atoms with Crippen molar-refractivity contribution in [1.29, 1.82) is 5.26 Å². The van der Waals surface area contributed by atoms with Gasteiger partial charge in [0.15, 0.2) is 12.0 Å². The molecule has 1 aromatic heterocycles. The molecule has 0 saturated carbocycles. The van der Waals surface area contributed by atoms with Gasteiger partial charge >= 0.3 is 0 Å². The lowest BCUT2D eigenvalue weighted by atomic mass is 10.2. The van der Waals surface area contributed by atoms with E-state index in [1.165, 1.54) is 18.0 Å². The monoisotopic (exact) mass is 178 g/mol. The van der Waals surface area contributed by atoms with Gasteiger partial charge in [0.1, 0.15) is 6.07 Å². The summed E-state index contributed by atoms with van der Waals surface area (Å²) in [6, 6.07) is 3.53. The van der Waals surface area contributed by atoms with E-state index in [4.69, 9.17) is 5.26 Å². The molecular weight excluding hydrogens is 172 g/mol. The molecule has 0 aromatic carbocycles. The number of carbonyl (C=O) groups is 1. The summed E-state index contributed by atoms with van der Waals surface area (Å²) >= 11 is 1.35. The van der Waals surface area contributed by atoms with Crippen LogP contribution < -0.4 is 0 Å². The van der Waals surface area contributed by atoms with Crippen LogP contribution in [-0.4, -0.2) is 17.5 Å². The number of nitriles is 1. The minimum absolute atomic E-state index is 0.312. The zero-order chi connectivity index (χ0) is 8.97. The fourth-order valence-electron chi connectivity index (χ4n) is 0.850. The lowest BCUT2D eigenvalue weighted by Crippen LogP contribution is -1.92. The van der Waals surface area contributed by atoms with Crippen LogP contribution in [0.5, 0.6) is 0 Å². The summed E-state index contributed by atoms with van der Waals surface area (Å²) in [6.45, 7) is 0. The lowest BCUT2D eigenvalue weighted by Gasteiger charge is -2.00. The third-order valence-electron chi connectivity index (χ3n) is 1.37. The molecule has 0 radical (unpaired) electrons. The van der Waals surface area contributed by atoms with E-state index in [9.17, 15) is 4.79 Å². The third-order valence-corrected chi connectivity index (χ3v) is 2.21. The van der Waals surface area contributed by atoms with Gasteiger partial charge in [-0.05, 0) is 12.3 Å². The van der Waals surface area contributed by atoms with E-state index < -0.39 is 0 Å². The Morgan fingerprint density at radius 1 is 1.75 bits per heavy atom. The second kappa shape index (κ2) is 3.88. The Hall–Kier alpha value is -1.34. The van der Waals surface area contributed by atoms with Crippen molar-refractivity contribution in [3.05, 3.63) is 23.5 Å². The van der Waals surface area contributed by atoms with Crippen LogP contribution in [0.4, 0.5) is 0 Å². The van der Waals surface area contributed by atoms with Crippen molar-refractivity contribution in [2.45, 2.75) is 4.90 Å². The van der Waals surface area contributed by atoms with E-state index in [0.717, 1.165) is 6.29 Å². The SMILES string of the molecule is CSc1c(C=O)ccnc1C#N. The maximum Gasteiger partial charge on any atom is 0.154 e. The molecular formula is C8H6N2OS. The fraction of sp³-hybridized carbons (Fsp3) is 0.125. The number of carbonyl (C=O) groups excluding carboxylic acids is 1. The van der Waals surface area contributed by atoms with E-state index in [2.05, 4.69) is 4.98 Å². The first kappa shape index (κ1) is 8.75. The second-order valence-electron chi connectivity index (χ2n) is 2.01. The van der Waals surface area contributed by atoms with E-state index in [1.54, 1.807) is 6.07 Å². The first-order valence-electron chi connectivity index (χ1n) is 3.21. The summed E-state index contributed by atoms with van der Waals surface area (Å²) in [4.78, 5) is 15.0. The van der Waals surface area contributed by atoms with Crippen molar-refractivity contribution in [2.75, 3.05) is 6.26 Å². The number of aldehydes is 1. The van der Waals surface area contributed by atoms with E-state index in [-0.39, 0.29) is 0 Å². The third kappa shape index (κ3) is 1.46. The molecule has 0 aliphatic carbocycles. The molecule has 0 amide bonds. The minimum Gasteiger partial charge on any atom is -0.298 e. The molecule has 0 bridgehead atoms. The highest BCUT2D eigenvalue weighted by molar-refractivity contribution is 7.98. The minimum atomic E-state index is 0.312. The molecule has 1 rings (SSSR count). The Morgan fingerprint density at radius 2 is 2.50 bits per heavy atom. The summed E-state index contributed by atoms with van der Waals surface area (Å²) in [6.07, 6.45) is 4.00. The molecule has 60 valence electrons. The van der Waals surface area contributed by atoms with Crippen molar-refractivity contribution in [2.24, 2.45) is 0 Å². The van der Waals surface area contributed by atoms with Crippen LogP contribution >= 0.6 is 11.8 Å². The first-order valence-corrected chi connectivity index (χ1v) is 4.44. The van der Waals surface area contributed by atoms with Crippen molar-refractivity contribution in [1.82, 2.24) is 4.98 Å². The zero-order valence-electron chi connectivity index (χ0n) is 6.44. The van der Waals surface area contributed by atoms with Crippen LogP contribution in [0.1, 0.15) is 16.1 Å². The Kier molecular flexibility index (Phi) is 2.83. The first-order chi connectivity index (χ1) is 5.83. The van der Waals surface area contributed by atoms with Crippen molar-refractivity contribution < 1.29 is 4.79 Å². The lowest BCUT2D eigenvalue weighted by molar-refractivity contribution is 0.112. The summed E-state index contributed by atoms with van der Waals surface area (Å²) in [5, 5.41) is 8.63. The topological polar surface area (TPSA) is 53.8 Å². The highest BCUT2D eigenvalue weighted by Crippen LogP contribution is 2.21. The van der Waals surface area contributed by atoms with Crippen LogP contribution in [-0.2, 0) is 0 Å². The molecule has 1 heterocycles. The number of nitrogens with zero attached hydrogens (tertiary/aromatic N) is 2. The van der Waals surface area contributed by atoms with Gasteiger partial charge in [-0.1, -0.05) is 0 Å². The van der Waals surface area contributed by atoms with Gasteiger partial charge in [-0.25, -0.2) is 4.98 Å². The molecule has 1 aromatic rings. The van der Waals surface area contributed by atoms with Gasteiger partial charge in [-0.15, -0.1) is 11.8 Å². The standard InChI is InChI=1S/C8H6N2OS/c1-12-8-6(5-11)2-3-10-7(8)4-9/h2-3,5H,1H3. The summed E-state index contributed by atoms with van der Waals surface area (Å²) < 4.78 is 0.